The molecule has 1 aromatic carbocycles. The number of benzene rings is 1. The molecule has 1 N–H and O–H groups in total. The minimum absolute atomic E-state index is 0.398. The molecule has 4 heteroatoms. The zero-order valence-electron chi connectivity index (χ0n) is 7.63. The topological polar surface area (TPSA) is 37.3 Å². The summed E-state index contributed by atoms with van der Waals surface area (Å²) in [5, 5.41) is 9.63. The second kappa shape index (κ2) is 4.67. The van der Waals surface area contributed by atoms with Crippen LogP contribution >= 0.6 is 23.2 Å². The van der Waals surface area contributed by atoms with Crippen molar-refractivity contribution in [1.82, 2.24) is 0 Å². The lowest BCUT2D eigenvalue weighted by Crippen LogP contribution is -2.12. The van der Waals surface area contributed by atoms with Gasteiger partial charge in [-0.2, -0.15) is 0 Å². The highest BCUT2D eigenvalue weighted by atomic mass is 35.5. The van der Waals surface area contributed by atoms with Crippen molar-refractivity contribution in [2.24, 2.45) is 5.92 Å². The Balaban J connectivity index is 2.87. The number of hydrogen-bond acceptors (Lipinski definition) is 1. The molecule has 0 aromatic heterocycles. The molecule has 0 unspecified atom stereocenters. The smallest absolute Gasteiger partial charge is 0.306 e. The number of hydrogen-bond donors (Lipinski definition) is 1. The van der Waals surface area contributed by atoms with Crippen LogP contribution in [0.5, 0.6) is 0 Å². The van der Waals surface area contributed by atoms with Crippen molar-refractivity contribution in [3.63, 3.8) is 0 Å². The average Bonchev–Trinajstić information content (AvgIpc) is 2.12. The summed E-state index contributed by atoms with van der Waals surface area (Å²) < 4.78 is 0. The number of carboxylic acid groups (broad SMARTS) is 1. The van der Waals surface area contributed by atoms with Crippen LogP contribution in [0.25, 0.3) is 0 Å². The third-order valence-electron chi connectivity index (χ3n) is 1.98. The first-order valence-corrected chi connectivity index (χ1v) is 4.93. The molecule has 0 aliphatic carbocycles. The summed E-state index contributed by atoms with van der Waals surface area (Å²) in [6.45, 7) is 1.64. The Labute approximate surface area is 92.5 Å². The first-order valence-electron chi connectivity index (χ1n) is 4.18. The highest BCUT2D eigenvalue weighted by Gasteiger charge is 2.14. The van der Waals surface area contributed by atoms with Crippen molar-refractivity contribution >= 4 is 29.2 Å². The van der Waals surface area contributed by atoms with Gasteiger partial charge in [-0.05, 0) is 18.1 Å². The van der Waals surface area contributed by atoms with E-state index in [-0.39, 0.29) is 0 Å². The van der Waals surface area contributed by atoms with E-state index >= 15 is 0 Å². The van der Waals surface area contributed by atoms with Gasteiger partial charge < -0.3 is 5.11 Å². The maximum Gasteiger partial charge on any atom is 0.306 e. The van der Waals surface area contributed by atoms with Crippen LogP contribution < -0.4 is 0 Å². The van der Waals surface area contributed by atoms with Crippen LogP contribution in [0.3, 0.4) is 0 Å². The summed E-state index contributed by atoms with van der Waals surface area (Å²) in [5.41, 5.74) is 0.772. The van der Waals surface area contributed by atoms with Crippen molar-refractivity contribution in [2.45, 2.75) is 13.3 Å². The molecule has 0 aliphatic rings. The molecular weight excluding hydrogens is 223 g/mol. The van der Waals surface area contributed by atoms with Crippen LogP contribution in [-0.2, 0) is 11.2 Å². The molecular formula is C10H10Cl2O2. The van der Waals surface area contributed by atoms with Crippen LogP contribution in [0.1, 0.15) is 12.5 Å². The minimum atomic E-state index is -0.832. The summed E-state index contributed by atoms with van der Waals surface area (Å²) >= 11 is 11.7. The van der Waals surface area contributed by atoms with Crippen molar-refractivity contribution < 1.29 is 9.90 Å². The Morgan fingerprint density at radius 2 is 2.14 bits per heavy atom. The fraction of sp³-hybridized carbons (Fsp3) is 0.300. The first kappa shape index (κ1) is 11.3. The fourth-order valence-corrected chi connectivity index (χ4v) is 1.52. The number of carbonyl (C=O) groups is 1. The Morgan fingerprint density at radius 3 is 2.71 bits per heavy atom. The van der Waals surface area contributed by atoms with Gasteiger partial charge in [0, 0.05) is 0 Å². The predicted octanol–water partition coefficient (Wildman–Crippen LogP) is 3.26. The molecule has 0 amide bonds. The van der Waals surface area contributed by atoms with Gasteiger partial charge in [0.15, 0.2) is 0 Å². The molecule has 0 spiro atoms. The molecule has 1 atom stereocenters. The maximum atomic E-state index is 10.6. The molecule has 1 rings (SSSR count). The number of rotatable bonds is 3. The van der Waals surface area contributed by atoms with Gasteiger partial charge in [0.2, 0.25) is 0 Å². The van der Waals surface area contributed by atoms with E-state index in [1.54, 1.807) is 25.1 Å². The van der Waals surface area contributed by atoms with Crippen molar-refractivity contribution in [2.75, 3.05) is 0 Å². The van der Waals surface area contributed by atoms with Gasteiger partial charge in [-0.15, -0.1) is 0 Å². The van der Waals surface area contributed by atoms with Gasteiger partial charge in [-0.25, -0.2) is 0 Å². The van der Waals surface area contributed by atoms with Gasteiger partial charge in [0.25, 0.3) is 0 Å². The summed E-state index contributed by atoms with van der Waals surface area (Å²) in [5.74, 6) is -1.29. The van der Waals surface area contributed by atoms with E-state index < -0.39 is 11.9 Å². The molecule has 0 heterocycles. The van der Waals surface area contributed by atoms with E-state index in [1.165, 1.54) is 0 Å². The molecule has 1 aromatic rings. The summed E-state index contributed by atoms with van der Waals surface area (Å²) in [6.07, 6.45) is 0.398. The Morgan fingerprint density at radius 1 is 1.50 bits per heavy atom. The van der Waals surface area contributed by atoms with Gasteiger partial charge in [-0.1, -0.05) is 42.3 Å². The molecule has 0 bridgehead atoms. The lowest BCUT2D eigenvalue weighted by Gasteiger charge is -2.08. The van der Waals surface area contributed by atoms with E-state index in [9.17, 15) is 4.79 Å². The van der Waals surface area contributed by atoms with Crippen molar-refractivity contribution in [3.05, 3.63) is 33.8 Å². The highest BCUT2D eigenvalue weighted by molar-refractivity contribution is 6.42. The third-order valence-corrected chi connectivity index (χ3v) is 2.84. The fourth-order valence-electron chi connectivity index (χ4n) is 1.12. The van der Waals surface area contributed by atoms with E-state index in [2.05, 4.69) is 0 Å². The Kier molecular flexibility index (Phi) is 3.78. The number of halogens is 2. The molecule has 0 saturated carbocycles. The second-order valence-corrected chi connectivity index (χ2v) is 3.94. The van der Waals surface area contributed by atoms with Crippen LogP contribution in [0, 0.1) is 5.92 Å². The standard InChI is InChI=1S/C10H10Cl2O2/c1-6(10(13)14)5-7-3-2-4-8(11)9(7)12/h2-4,6H,5H2,1H3,(H,13,14)/t6-/m0/s1. The van der Waals surface area contributed by atoms with Crippen LogP contribution in [0.15, 0.2) is 18.2 Å². The summed E-state index contributed by atoms with van der Waals surface area (Å²) in [4.78, 5) is 10.6. The largest absolute Gasteiger partial charge is 0.481 e. The molecule has 2 nitrogen and oxygen atoms in total. The van der Waals surface area contributed by atoms with Crippen LogP contribution in [0.2, 0.25) is 10.0 Å². The lowest BCUT2D eigenvalue weighted by molar-refractivity contribution is -0.141. The van der Waals surface area contributed by atoms with Crippen molar-refractivity contribution in [3.8, 4) is 0 Å². The molecule has 14 heavy (non-hydrogen) atoms. The second-order valence-electron chi connectivity index (χ2n) is 3.16. The number of aliphatic carboxylic acids is 1. The van der Waals surface area contributed by atoms with Crippen LogP contribution in [-0.4, -0.2) is 11.1 Å². The summed E-state index contributed by atoms with van der Waals surface area (Å²) in [6, 6.07) is 5.23. The lowest BCUT2D eigenvalue weighted by atomic mass is 10.0. The molecule has 0 aliphatic heterocycles. The minimum Gasteiger partial charge on any atom is -0.481 e. The Hall–Kier alpha value is -0.730. The van der Waals surface area contributed by atoms with E-state index in [4.69, 9.17) is 28.3 Å². The molecule has 0 fully saturated rings. The predicted molar refractivity (Wildman–Crippen MR) is 57.0 cm³/mol. The first-order chi connectivity index (χ1) is 6.52. The number of carboxylic acids is 1. The van der Waals surface area contributed by atoms with E-state index in [1.807, 2.05) is 0 Å². The Bertz CT molecular complexity index is 350. The normalized spacial score (nSPS) is 12.5. The van der Waals surface area contributed by atoms with E-state index in [0.29, 0.717) is 16.5 Å². The third kappa shape index (κ3) is 2.63. The average molecular weight is 233 g/mol. The highest BCUT2D eigenvalue weighted by Crippen LogP contribution is 2.27. The maximum absolute atomic E-state index is 10.6. The summed E-state index contributed by atoms with van der Waals surface area (Å²) in [7, 11) is 0. The van der Waals surface area contributed by atoms with Gasteiger partial charge in [0.1, 0.15) is 0 Å². The molecule has 0 saturated heterocycles. The van der Waals surface area contributed by atoms with E-state index in [0.717, 1.165) is 5.56 Å². The van der Waals surface area contributed by atoms with Gasteiger partial charge in [0.05, 0.1) is 16.0 Å². The SMILES string of the molecule is C[C@@H](Cc1cccc(Cl)c1Cl)C(=O)O. The van der Waals surface area contributed by atoms with Crippen LogP contribution in [0.4, 0.5) is 0 Å². The van der Waals surface area contributed by atoms with Gasteiger partial charge >= 0.3 is 5.97 Å². The monoisotopic (exact) mass is 232 g/mol. The molecule has 76 valence electrons. The zero-order chi connectivity index (χ0) is 10.7. The quantitative estimate of drug-likeness (QED) is 0.869. The van der Waals surface area contributed by atoms with Crippen molar-refractivity contribution in [1.29, 1.82) is 0 Å². The molecule has 0 radical (unpaired) electrons. The zero-order valence-corrected chi connectivity index (χ0v) is 9.14. The van der Waals surface area contributed by atoms with Gasteiger partial charge in [-0.3, -0.25) is 4.79 Å².